The Balaban J connectivity index is 2.20. The number of hydrogen-bond acceptors (Lipinski definition) is 3. The van der Waals surface area contributed by atoms with E-state index in [0.717, 1.165) is 32.1 Å². The molecule has 1 fully saturated rings. The second kappa shape index (κ2) is 5.47. The standard InChI is InChI=1S/C9H16N2O3/c12-9(13)11-8-3-1-7(2-4-8)5-6-10-14/h6-8,11,14H,1-5H2,(H,12,13)/t7-,8-. The van der Waals surface area contributed by atoms with Gasteiger partial charge in [0, 0.05) is 12.3 Å². The van der Waals surface area contributed by atoms with Gasteiger partial charge in [-0.15, -0.1) is 5.16 Å². The predicted octanol–water partition coefficient (Wildman–Crippen LogP) is 1.66. The molecule has 14 heavy (non-hydrogen) atoms. The number of nitrogens with zero attached hydrogens (tertiary/aromatic N) is 1. The first-order valence-corrected chi connectivity index (χ1v) is 4.87. The minimum absolute atomic E-state index is 0.106. The lowest BCUT2D eigenvalue weighted by Gasteiger charge is -2.27. The van der Waals surface area contributed by atoms with Crippen LogP contribution in [0.4, 0.5) is 4.79 Å². The highest BCUT2D eigenvalue weighted by atomic mass is 16.4. The summed E-state index contributed by atoms with van der Waals surface area (Å²) < 4.78 is 0. The third-order valence-corrected chi connectivity index (χ3v) is 2.69. The first-order chi connectivity index (χ1) is 6.72. The van der Waals surface area contributed by atoms with E-state index >= 15 is 0 Å². The molecule has 0 aromatic heterocycles. The molecule has 1 amide bonds. The Bertz CT molecular complexity index is 210. The zero-order valence-electron chi connectivity index (χ0n) is 8.02. The van der Waals surface area contributed by atoms with E-state index in [2.05, 4.69) is 10.5 Å². The minimum atomic E-state index is -0.939. The molecule has 80 valence electrons. The largest absolute Gasteiger partial charge is 0.465 e. The predicted molar refractivity (Wildman–Crippen MR) is 51.8 cm³/mol. The molecule has 0 bridgehead atoms. The summed E-state index contributed by atoms with van der Waals surface area (Å²) >= 11 is 0. The first kappa shape index (κ1) is 10.8. The molecule has 0 unspecified atom stereocenters. The molecular formula is C9H16N2O3. The normalized spacial score (nSPS) is 27.7. The molecule has 5 nitrogen and oxygen atoms in total. The number of carboxylic acid groups (broad SMARTS) is 1. The maximum atomic E-state index is 10.4. The lowest BCUT2D eigenvalue weighted by molar-refractivity contribution is 0.182. The molecular weight excluding hydrogens is 184 g/mol. The van der Waals surface area contributed by atoms with Gasteiger partial charge in [0.2, 0.25) is 0 Å². The van der Waals surface area contributed by atoms with Crippen molar-refractivity contribution >= 4 is 12.3 Å². The SMILES string of the molecule is O=C(O)N[C@H]1CC[C@H](CC=NO)CC1. The van der Waals surface area contributed by atoms with Gasteiger partial charge < -0.3 is 15.6 Å². The van der Waals surface area contributed by atoms with Gasteiger partial charge in [0.15, 0.2) is 0 Å². The molecule has 3 N–H and O–H groups in total. The van der Waals surface area contributed by atoms with Crippen molar-refractivity contribution in [1.82, 2.24) is 5.32 Å². The van der Waals surface area contributed by atoms with Crippen molar-refractivity contribution < 1.29 is 15.1 Å². The highest BCUT2D eigenvalue weighted by molar-refractivity contribution is 5.64. The molecule has 1 aliphatic rings. The van der Waals surface area contributed by atoms with Gasteiger partial charge >= 0.3 is 6.09 Å². The van der Waals surface area contributed by atoms with Crippen LogP contribution < -0.4 is 5.32 Å². The van der Waals surface area contributed by atoms with Crippen LogP contribution in [0, 0.1) is 5.92 Å². The molecule has 0 aliphatic heterocycles. The van der Waals surface area contributed by atoms with Crippen LogP contribution in [0.5, 0.6) is 0 Å². The van der Waals surface area contributed by atoms with E-state index in [0.29, 0.717) is 5.92 Å². The van der Waals surface area contributed by atoms with Crippen LogP contribution in [0.25, 0.3) is 0 Å². The van der Waals surface area contributed by atoms with Crippen molar-refractivity contribution in [1.29, 1.82) is 0 Å². The van der Waals surface area contributed by atoms with Gasteiger partial charge in [0.25, 0.3) is 0 Å². The van der Waals surface area contributed by atoms with Gasteiger partial charge in [0.1, 0.15) is 0 Å². The summed E-state index contributed by atoms with van der Waals surface area (Å²) in [7, 11) is 0. The monoisotopic (exact) mass is 200 g/mol. The summed E-state index contributed by atoms with van der Waals surface area (Å²) in [6, 6.07) is 0.106. The molecule has 0 aromatic carbocycles. The van der Waals surface area contributed by atoms with Crippen LogP contribution in [-0.2, 0) is 0 Å². The van der Waals surface area contributed by atoms with Crippen molar-refractivity contribution in [3.8, 4) is 0 Å². The fourth-order valence-electron chi connectivity index (χ4n) is 1.91. The highest BCUT2D eigenvalue weighted by Crippen LogP contribution is 2.25. The smallest absolute Gasteiger partial charge is 0.404 e. The van der Waals surface area contributed by atoms with E-state index in [-0.39, 0.29) is 6.04 Å². The average molecular weight is 200 g/mol. The van der Waals surface area contributed by atoms with Crippen molar-refractivity contribution in [2.75, 3.05) is 0 Å². The van der Waals surface area contributed by atoms with Crippen LogP contribution in [0.3, 0.4) is 0 Å². The van der Waals surface area contributed by atoms with Crippen LogP contribution in [0.15, 0.2) is 5.16 Å². The fraction of sp³-hybridized carbons (Fsp3) is 0.778. The van der Waals surface area contributed by atoms with Crippen molar-refractivity contribution in [3.05, 3.63) is 0 Å². The summed E-state index contributed by atoms with van der Waals surface area (Å²) in [5.74, 6) is 0.540. The van der Waals surface area contributed by atoms with E-state index in [1.807, 2.05) is 0 Å². The molecule has 0 aromatic rings. The molecule has 0 saturated heterocycles. The molecule has 0 radical (unpaired) electrons. The summed E-state index contributed by atoms with van der Waals surface area (Å²) in [6.45, 7) is 0. The Kier molecular flexibility index (Phi) is 4.22. The first-order valence-electron chi connectivity index (χ1n) is 4.87. The van der Waals surface area contributed by atoms with Crippen molar-refractivity contribution in [2.24, 2.45) is 11.1 Å². The fourth-order valence-corrected chi connectivity index (χ4v) is 1.91. The Morgan fingerprint density at radius 1 is 1.43 bits per heavy atom. The van der Waals surface area contributed by atoms with Crippen molar-refractivity contribution in [2.45, 2.75) is 38.1 Å². The Morgan fingerprint density at radius 3 is 2.57 bits per heavy atom. The number of nitrogens with one attached hydrogen (secondary N) is 1. The lowest BCUT2D eigenvalue weighted by Crippen LogP contribution is -2.36. The van der Waals surface area contributed by atoms with Gasteiger partial charge in [-0.25, -0.2) is 4.79 Å². The van der Waals surface area contributed by atoms with Gasteiger partial charge in [-0.05, 0) is 38.0 Å². The van der Waals surface area contributed by atoms with Crippen LogP contribution >= 0.6 is 0 Å². The summed E-state index contributed by atoms with van der Waals surface area (Å²) in [5, 5.41) is 22.2. The Hall–Kier alpha value is -1.26. The second-order valence-corrected chi connectivity index (χ2v) is 3.70. The van der Waals surface area contributed by atoms with Gasteiger partial charge in [-0.2, -0.15) is 0 Å². The second-order valence-electron chi connectivity index (χ2n) is 3.70. The van der Waals surface area contributed by atoms with E-state index in [9.17, 15) is 4.79 Å². The van der Waals surface area contributed by atoms with Crippen LogP contribution in [0.1, 0.15) is 32.1 Å². The van der Waals surface area contributed by atoms with E-state index < -0.39 is 6.09 Å². The van der Waals surface area contributed by atoms with Gasteiger partial charge in [-0.3, -0.25) is 0 Å². The van der Waals surface area contributed by atoms with E-state index in [4.69, 9.17) is 10.3 Å². The molecule has 1 saturated carbocycles. The van der Waals surface area contributed by atoms with Crippen LogP contribution in [-0.4, -0.2) is 28.7 Å². The number of oxime groups is 1. The Morgan fingerprint density at radius 2 is 2.07 bits per heavy atom. The quantitative estimate of drug-likeness (QED) is 0.368. The molecule has 0 heterocycles. The van der Waals surface area contributed by atoms with Gasteiger partial charge in [-0.1, -0.05) is 0 Å². The molecule has 0 atom stereocenters. The molecule has 1 rings (SSSR count). The maximum Gasteiger partial charge on any atom is 0.404 e. The number of rotatable bonds is 3. The number of amides is 1. The topological polar surface area (TPSA) is 81.9 Å². The number of hydrogen-bond donors (Lipinski definition) is 3. The Labute approximate surface area is 82.8 Å². The third-order valence-electron chi connectivity index (χ3n) is 2.69. The number of carbonyl (C=O) groups is 1. The minimum Gasteiger partial charge on any atom is -0.465 e. The summed E-state index contributed by atoms with van der Waals surface area (Å²) in [6.07, 6.45) is 5.12. The maximum absolute atomic E-state index is 10.4. The summed E-state index contributed by atoms with van der Waals surface area (Å²) in [5.41, 5.74) is 0. The van der Waals surface area contributed by atoms with Gasteiger partial charge in [0.05, 0.1) is 0 Å². The zero-order chi connectivity index (χ0) is 10.4. The van der Waals surface area contributed by atoms with E-state index in [1.165, 1.54) is 6.21 Å². The third kappa shape index (κ3) is 3.64. The average Bonchev–Trinajstić information content (AvgIpc) is 2.16. The zero-order valence-corrected chi connectivity index (χ0v) is 8.02. The van der Waals surface area contributed by atoms with E-state index in [1.54, 1.807) is 0 Å². The lowest BCUT2D eigenvalue weighted by atomic mass is 9.84. The van der Waals surface area contributed by atoms with Crippen molar-refractivity contribution in [3.63, 3.8) is 0 Å². The van der Waals surface area contributed by atoms with Crippen LogP contribution in [0.2, 0.25) is 0 Å². The highest BCUT2D eigenvalue weighted by Gasteiger charge is 2.21. The summed E-state index contributed by atoms with van der Waals surface area (Å²) in [4.78, 5) is 10.4. The molecule has 0 spiro atoms. The molecule has 5 heteroatoms. The molecule has 1 aliphatic carbocycles.